The summed E-state index contributed by atoms with van der Waals surface area (Å²) < 4.78 is 58.1. The van der Waals surface area contributed by atoms with E-state index < -0.39 is 19.6 Å². The van der Waals surface area contributed by atoms with Gasteiger partial charge in [0, 0.05) is 28.7 Å². The molecule has 0 amide bonds. The van der Waals surface area contributed by atoms with Gasteiger partial charge in [-0.15, -0.1) is 0 Å². The summed E-state index contributed by atoms with van der Waals surface area (Å²) >= 11 is 0. The Morgan fingerprint density at radius 2 is 1.93 bits per heavy atom. The van der Waals surface area contributed by atoms with E-state index in [2.05, 4.69) is 6.07 Å². The van der Waals surface area contributed by atoms with Crippen LogP contribution in [0.3, 0.4) is 0 Å². The molecule has 2 aromatic carbocycles. The summed E-state index contributed by atoms with van der Waals surface area (Å²) in [5, 5.41) is 9.34. The molecule has 0 saturated heterocycles. The molecule has 0 radical (unpaired) electrons. The molecule has 0 fully saturated rings. The number of benzene rings is 2. The highest BCUT2D eigenvalue weighted by Gasteiger charge is 2.27. The molecule has 1 aliphatic rings. The molecule has 134 valence electrons. The van der Waals surface area contributed by atoms with E-state index in [1.807, 2.05) is 42.8 Å². The Morgan fingerprint density at radius 3 is 2.67 bits per heavy atom. The number of nitrogens with zero attached hydrogens (tertiary/aromatic N) is 2. The summed E-state index contributed by atoms with van der Waals surface area (Å²) in [5.41, 5.74) is 7.79. The second-order valence-corrected chi connectivity index (χ2v) is 7.15. The van der Waals surface area contributed by atoms with E-state index in [1.54, 1.807) is 19.1 Å². The van der Waals surface area contributed by atoms with E-state index in [9.17, 15) is 5.26 Å². The molecule has 3 aromatic rings. The number of fused-ring (bicyclic) bond motifs is 3. The smallest absolute Gasteiger partial charge is 0.199 e. The van der Waals surface area contributed by atoms with Crippen molar-refractivity contribution in [1.82, 2.24) is 0 Å². The fourth-order valence-corrected chi connectivity index (χ4v) is 3.98. The van der Waals surface area contributed by atoms with Crippen molar-refractivity contribution in [2.45, 2.75) is 39.9 Å². The first-order valence-corrected chi connectivity index (χ1v) is 8.88. The summed E-state index contributed by atoms with van der Waals surface area (Å²) in [6.07, 6.45) is 0.640. The molecular weight excluding hydrogens is 328 g/mol. The van der Waals surface area contributed by atoms with Gasteiger partial charge in [0.15, 0.2) is 5.69 Å². The molecule has 2 nitrogen and oxygen atoms in total. The van der Waals surface area contributed by atoms with Crippen LogP contribution in [-0.2, 0) is 13.5 Å². The Balaban J connectivity index is 2.01. The third kappa shape index (κ3) is 2.75. The maximum absolute atomic E-state index is 9.34. The maximum Gasteiger partial charge on any atom is 0.213 e. The van der Waals surface area contributed by atoms with Crippen molar-refractivity contribution < 1.29 is 14.2 Å². The molecule has 1 aromatic heterocycles. The molecule has 4 rings (SSSR count). The van der Waals surface area contributed by atoms with Gasteiger partial charge in [0.2, 0.25) is 5.69 Å². The largest absolute Gasteiger partial charge is 0.213 e. The topological polar surface area (TPSA) is 27.7 Å². The highest BCUT2D eigenvalue weighted by atomic mass is 14.9. The lowest BCUT2D eigenvalue weighted by atomic mass is 9.92. The first-order valence-electron chi connectivity index (χ1n) is 12.4. The number of rotatable bonds is 2. The van der Waals surface area contributed by atoms with Crippen molar-refractivity contribution in [2.24, 2.45) is 7.05 Å². The lowest BCUT2D eigenvalue weighted by molar-refractivity contribution is -0.666. The molecule has 27 heavy (non-hydrogen) atoms. The van der Waals surface area contributed by atoms with Crippen LogP contribution in [-0.4, -0.2) is 0 Å². The SMILES string of the molecule is [2H]C([2H])([2H])C([2H])(c1cc(C)[n+](C)c(-c2c(C)ccc3c2Cc2ccc(C#N)cc2-3)c1)C([2H])([2H])[2H]. The molecule has 0 aliphatic heterocycles. The van der Waals surface area contributed by atoms with Crippen LogP contribution in [0.25, 0.3) is 22.4 Å². The zero-order valence-electron chi connectivity index (χ0n) is 22.6. The quantitative estimate of drug-likeness (QED) is 0.442. The summed E-state index contributed by atoms with van der Waals surface area (Å²) in [7, 11) is 1.85. The molecule has 1 heterocycles. The molecule has 0 spiro atoms. The van der Waals surface area contributed by atoms with E-state index in [4.69, 9.17) is 9.60 Å². The van der Waals surface area contributed by atoms with Crippen molar-refractivity contribution in [3.8, 4) is 28.5 Å². The van der Waals surface area contributed by atoms with Gasteiger partial charge in [-0.25, -0.2) is 0 Å². The van der Waals surface area contributed by atoms with Gasteiger partial charge in [-0.05, 0) is 64.8 Å². The molecule has 0 atom stereocenters. The van der Waals surface area contributed by atoms with Crippen molar-refractivity contribution in [3.05, 3.63) is 76.0 Å². The molecule has 0 N–H and O–H groups in total. The third-order valence-corrected chi connectivity index (χ3v) is 5.51. The number of hydrogen-bond donors (Lipinski definition) is 0. The first kappa shape index (κ1) is 11.0. The minimum atomic E-state index is -3.06. The summed E-state index contributed by atoms with van der Waals surface area (Å²) in [5.74, 6) is -2.77. The fraction of sp³-hybridized carbons (Fsp3) is 0.280. The highest BCUT2D eigenvalue weighted by Crippen LogP contribution is 2.43. The molecular formula is C25H25N2+. The van der Waals surface area contributed by atoms with Crippen molar-refractivity contribution >= 4 is 0 Å². The van der Waals surface area contributed by atoms with Crippen molar-refractivity contribution in [2.75, 3.05) is 0 Å². The van der Waals surface area contributed by atoms with Gasteiger partial charge in [0.05, 0.1) is 17.2 Å². The van der Waals surface area contributed by atoms with E-state index in [-0.39, 0.29) is 5.56 Å². The molecule has 2 heteroatoms. The zero-order valence-corrected chi connectivity index (χ0v) is 15.6. The minimum absolute atomic E-state index is 0.0580. The van der Waals surface area contributed by atoms with E-state index in [1.165, 1.54) is 6.07 Å². The number of aryl methyl sites for hydroxylation is 2. The average Bonchev–Trinajstić information content (AvgIpc) is 3.11. The van der Waals surface area contributed by atoms with Crippen LogP contribution < -0.4 is 4.57 Å². The Labute approximate surface area is 171 Å². The van der Waals surface area contributed by atoms with E-state index in [0.29, 0.717) is 23.4 Å². The van der Waals surface area contributed by atoms with Gasteiger partial charge >= 0.3 is 0 Å². The highest BCUT2D eigenvalue weighted by molar-refractivity contribution is 5.85. The molecule has 0 unspecified atom stereocenters. The average molecular weight is 361 g/mol. The maximum atomic E-state index is 9.34. The molecule has 1 aliphatic carbocycles. The predicted octanol–water partition coefficient (Wildman–Crippen LogP) is 5.36. The van der Waals surface area contributed by atoms with Crippen LogP contribution in [0.15, 0.2) is 42.5 Å². The van der Waals surface area contributed by atoms with Crippen LogP contribution >= 0.6 is 0 Å². The Kier molecular flexibility index (Phi) is 2.60. The van der Waals surface area contributed by atoms with Crippen molar-refractivity contribution in [1.29, 1.82) is 5.26 Å². The lowest BCUT2D eigenvalue weighted by Crippen LogP contribution is -2.35. The van der Waals surface area contributed by atoms with Gasteiger partial charge in [0.1, 0.15) is 7.05 Å². The second-order valence-electron chi connectivity index (χ2n) is 7.15. The zero-order chi connectivity index (χ0) is 25.2. The van der Waals surface area contributed by atoms with Crippen LogP contribution in [0.4, 0.5) is 0 Å². The molecule has 0 bridgehead atoms. The van der Waals surface area contributed by atoms with Gasteiger partial charge in [-0.1, -0.05) is 31.9 Å². The van der Waals surface area contributed by atoms with Gasteiger partial charge < -0.3 is 0 Å². The monoisotopic (exact) mass is 360 g/mol. The summed E-state index contributed by atoms with van der Waals surface area (Å²) in [6, 6.07) is 14.8. The Hall–Kier alpha value is -2.92. The van der Waals surface area contributed by atoms with Crippen LogP contribution in [0.1, 0.15) is 62.7 Å². The number of nitriles is 1. The van der Waals surface area contributed by atoms with Gasteiger partial charge in [-0.2, -0.15) is 9.83 Å². The standard InChI is InChI=1S/C25H25N2/c1-15(2)20-10-17(4)27(5)24(13-20)25-16(3)6-9-21-22-11-18(14-26)7-8-19(22)12-23(21)25/h6-11,13,15H,12H2,1-5H3/q+1/i1D3,2D3,15D. The predicted molar refractivity (Wildman–Crippen MR) is 110 cm³/mol. The Bertz CT molecular complexity index is 1350. The minimum Gasteiger partial charge on any atom is -0.199 e. The van der Waals surface area contributed by atoms with E-state index >= 15 is 0 Å². The van der Waals surface area contributed by atoms with Crippen LogP contribution in [0, 0.1) is 25.2 Å². The molecule has 0 saturated carbocycles. The normalized spacial score (nSPS) is 17.2. The summed E-state index contributed by atoms with van der Waals surface area (Å²) in [6.45, 7) is -2.37. The number of pyridine rings is 1. The summed E-state index contributed by atoms with van der Waals surface area (Å²) in [4.78, 5) is 0. The Morgan fingerprint density at radius 1 is 1.11 bits per heavy atom. The second kappa shape index (κ2) is 6.35. The third-order valence-electron chi connectivity index (χ3n) is 5.51. The van der Waals surface area contributed by atoms with Crippen LogP contribution in [0.2, 0.25) is 0 Å². The lowest BCUT2D eigenvalue weighted by Gasteiger charge is -2.14. The number of hydrogen-bond acceptors (Lipinski definition) is 1. The van der Waals surface area contributed by atoms with Gasteiger partial charge in [-0.3, -0.25) is 0 Å². The fourth-order valence-electron chi connectivity index (χ4n) is 3.98. The number of aromatic nitrogens is 1. The van der Waals surface area contributed by atoms with Gasteiger partial charge in [0.25, 0.3) is 0 Å². The first-order chi connectivity index (χ1) is 15.7. The van der Waals surface area contributed by atoms with E-state index in [0.717, 1.165) is 33.4 Å². The van der Waals surface area contributed by atoms with Crippen molar-refractivity contribution in [3.63, 3.8) is 0 Å². The van der Waals surface area contributed by atoms with Crippen LogP contribution in [0.5, 0.6) is 0 Å².